The van der Waals surface area contributed by atoms with Crippen LogP contribution in [0, 0.1) is 17.8 Å². The molecule has 19 heteroatoms. The van der Waals surface area contributed by atoms with Crippen molar-refractivity contribution in [1.82, 2.24) is 0 Å². The van der Waals surface area contributed by atoms with E-state index in [1.54, 1.807) is 0 Å². The molecule has 3 unspecified atom stereocenters. The normalized spacial score (nSPS) is 14.3. The number of esters is 4. The number of hydrogen-bond donors (Lipinski definition) is 3. The number of unbranched alkanes of at least 4 members (excludes halogenated alkanes) is 34. The van der Waals surface area contributed by atoms with E-state index in [-0.39, 0.29) is 25.7 Å². The van der Waals surface area contributed by atoms with Crippen molar-refractivity contribution in [3.8, 4) is 0 Å². The number of ether oxygens (including phenoxy) is 4. The molecule has 0 bridgehead atoms. The molecule has 0 heterocycles. The number of aliphatic hydroxyl groups excluding tert-OH is 1. The van der Waals surface area contributed by atoms with Gasteiger partial charge in [0, 0.05) is 25.7 Å². The van der Waals surface area contributed by atoms with E-state index >= 15 is 0 Å². The van der Waals surface area contributed by atoms with Crippen molar-refractivity contribution in [3.63, 3.8) is 0 Å². The number of rotatable bonds is 69. The van der Waals surface area contributed by atoms with Gasteiger partial charge in [-0.2, -0.15) is 0 Å². The number of carbonyl (C=O) groups is 4. The van der Waals surface area contributed by atoms with Crippen molar-refractivity contribution >= 4 is 39.5 Å². The maximum absolute atomic E-state index is 13.0. The minimum Gasteiger partial charge on any atom is -0.462 e. The lowest BCUT2D eigenvalue weighted by atomic mass is 10.0. The molecule has 0 aromatic heterocycles. The number of carbonyl (C=O) groups excluding carboxylic acids is 4. The van der Waals surface area contributed by atoms with Crippen LogP contribution in [0.5, 0.6) is 0 Å². The first-order valence-corrected chi connectivity index (χ1v) is 40.2. The second kappa shape index (κ2) is 63.3. The van der Waals surface area contributed by atoms with Crippen molar-refractivity contribution in [2.24, 2.45) is 17.8 Å². The number of allylic oxidation sites excluding steroid dienone is 4. The van der Waals surface area contributed by atoms with Crippen LogP contribution in [0.2, 0.25) is 0 Å². The summed E-state index contributed by atoms with van der Waals surface area (Å²) in [5.41, 5.74) is 0. The molecule has 0 aliphatic heterocycles. The third kappa shape index (κ3) is 66.2. The second-order valence-electron chi connectivity index (χ2n) is 27.1. The van der Waals surface area contributed by atoms with Gasteiger partial charge in [-0.25, -0.2) is 9.13 Å². The van der Waals surface area contributed by atoms with Crippen LogP contribution >= 0.6 is 15.6 Å². The van der Waals surface area contributed by atoms with Gasteiger partial charge in [-0.3, -0.25) is 37.3 Å². The number of hydrogen-bond acceptors (Lipinski definition) is 15. The Kier molecular flexibility index (Phi) is 61.6. The van der Waals surface area contributed by atoms with Gasteiger partial charge in [0.25, 0.3) is 0 Å². The summed E-state index contributed by atoms with van der Waals surface area (Å²) in [6, 6.07) is 0. The van der Waals surface area contributed by atoms with Crippen molar-refractivity contribution in [2.75, 3.05) is 39.6 Å². The van der Waals surface area contributed by atoms with Gasteiger partial charge in [0.1, 0.15) is 19.3 Å². The molecule has 0 saturated carbocycles. The number of phosphoric ester groups is 2. The van der Waals surface area contributed by atoms with Crippen molar-refractivity contribution in [2.45, 2.75) is 362 Å². The topological polar surface area (TPSA) is 237 Å². The first kappa shape index (κ1) is 89.5. The summed E-state index contributed by atoms with van der Waals surface area (Å²) in [6.45, 7) is 11.7. The van der Waals surface area contributed by atoms with Crippen LogP contribution < -0.4 is 0 Å². The highest BCUT2D eigenvalue weighted by Crippen LogP contribution is 2.45. The largest absolute Gasteiger partial charge is 0.472 e. The van der Waals surface area contributed by atoms with Gasteiger partial charge < -0.3 is 33.8 Å². The van der Waals surface area contributed by atoms with Crippen LogP contribution in [0.1, 0.15) is 344 Å². The maximum atomic E-state index is 13.0. The molecule has 92 heavy (non-hydrogen) atoms. The minimum absolute atomic E-state index is 0.0847. The number of phosphoric acid groups is 2. The van der Waals surface area contributed by atoms with Gasteiger partial charge in [-0.05, 0) is 69.1 Å². The predicted molar refractivity (Wildman–Crippen MR) is 372 cm³/mol. The lowest BCUT2D eigenvalue weighted by molar-refractivity contribution is -0.161. The SMILES string of the molecule is CCCCCC/C=C\C=C/CCCCCCCC(=O)O[C@H](COC(=O)CCCCCCCCCCCCCCCCC(C)C)COP(=O)(O)OCC(O)COP(=O)(O)OC[C@@H](COC(=O)CCCCCCCCCC(C)C)OC(=O)CCCCCCCCCC(C)C. The smallest absolute Gasteiger partial charge is 0.462 e. The predicted octanol–water partition coefficient (Wildman–Crippen LogP) is 20.6. The molecule has 0 aliphatic rings. The average Bonchev–Trinajstić information content (AvgIpc) is 1.58. The van der Waals surface area contributed by atoms with E-state index in [0.29, 0.717) is 37.5 Å². The second-order valence-corrected chi connectivity index (χ2v) is 30.0. The zero-order valence-corrected chi connectivity index (χ0v) is 61.3. The highest BCUT2D eigenvalue weighted by atomic mass is 31.2. The Morgan fingerprint density at radius 1 is 0.337 bits per heavy atom. The van der Waals surface area contributed by atoms with Gasteiger partial charge in [0.05, 0.1) is 26.4 Å². The van der Waals surface area contributed by atoms with E-state index in [1.807, 2.05) is 0 Å². The molecule has 0 fully saturated rings. The average molecular weight is 1350 g/mol. The van der Waals surface area contributed by atoms with Crippen LogP contribution in [0.3, 0.4) is 0 Å². The summed E-state index contributed by atoms with van der Waals surface area (Å²) in [5.74, 6) is 0.0383. The van der Waals surface area contributed by atoms with Gasteiger partial charge in [0.2, 0.25) is 0 Å². The molecule has 0 radical (unpaired) electrons. The lowest BCUT2D eigenvalue weighted by Gasteiger charge is -2.21. The first-order valence-electron chi connectivity index (χ1n) is 37.2. The van der Waals surface area contributed by atoms with Crippen molar-refractivity contribution in [3.05, 3.63) is 24.3 Å². The van der Waals surface area contributed by atoms with Gasteiger partial charge in [-0.1, -0.05) is 291 Å². The third-order valence-electron chi connectivity index (χ3n) is 16.3. The van der Waals surface area contributed by atoms with Gasteiger partial charge in [-0.15, -0.1) is 0 Å². The fourth-order valence-corrected chi connectivity index (χ4v) is 12.1. The Morgan fingerprint density at radius 3 is 0.880 bits per heavy atom. The molecule has 5 atom stereocenters. The zero-order chi connectivity index (χ0) is 68.0. The van der Waals surface area contributed by atoms with Gasteiger partial charge in [0.15, 0.2) is 12.2 Å². The Hall–Kier alpha value is -2.46. The first-order chi connectivity index (χ1) is 44.2. The van der Waals surface area contributed by atoms with Crippen LogP contribution in [-0.4, -0.2) is 96.7 Å². The monoisotopic (exact) mass is 1350 g/mol. The van der Waals surface area contributed by atoms with E-state index < -0.39 is 97.5 Å². The van der Waals surface area contributed by atoms with E-state index in [1.165, 1.54) is 135 Å². The molecule has 0 amide bonds. The molecule has 0 aromatic carbocycles. The molecular formula is C73H138O17P2. The van der Waals surface area contributed by atoms with E-state index in [0.717, 1.165) is 115 Å². The van der Waals surface area contributed by atoms with Crippen molar-refractivity contribution in [1.29, 1.82) is 0 Å². The summed E-state index contributed by atoms with van der Waals surface area (Å²) in [6.07, 6.45) is 51.0. The summed E-state index contributed by atoms with van der Waals surface area (Å²) in [5, 5.41) is 10.6. The summed E-state index contributed by atoms with van der Waals surface area (Å²) in [7, 11) is -9.92. The summed E-state index contributed by atoms with van der Waals surface area (Å²) >= 11 is 0. The van der Waals surface area contributed by atoms with Crippen LogP contribution in [0.15, 0.2) is 24.3 Å². The summed E-state index contributed by atoms with van der Waals surface area (Å²) in [4.78, 5) is 72.6. The quantitative estimate of drug-likeness (QED) is 0.0169. The van der Waals surface area contributed by atoms with E-state index in [2.05, 4.69) is 72.8 Å². The highest BCUT2D eigenvalue weighted by molar-refractivity contribution is 7.47. The van der Waals surface area contributed by atoms with E-state index in [9.17, 15) is 43.2 Å². The molecular weight excluding hydrogens is 1210 g/mol. The third-order valence-corrected chi connectivity index (χ3v) is 18.2. The van der Waals surface area contributed by atoms with Crippen LogP contribution in [-0.2, 0) is 65.4 Å². The van der Waals surface area contributed by atoms with Crippen molar-refractivity contribution < 1.29 is 80.2 Å². The molecule has 17 nitrogen and oxygen atoms in total. The standard InChI is InChI=1S/C73H138O17P2/c1-8-9-10-11-12-13-14-15-16-21-24-27-34-42-49-56-72(77)89-68(60-83-70(75)54-47-40-33-26-23-20-18-17-19-22-25-30-37-44-51-64(2)3)62-87-91(79,80)85-58-67(74)59-86-92(81,82)88-63-69(90-73(78)57-50-43-36-29-32-39-46-53-66(6)7)61-84-71(76)55-48-41-35-28-31-38-45-52-65(4)5/h13-16,64-69,74H,8-12,17-63H2,1-7H3,(H,79,80)(H,81,82)/b14-13-,16-15-/t67?,68-,69-/m1/s1. The fraction of sp³-hybridized carbons (Fsp3) is 0.890. The highest BCUT2D eigenvalue weighted by Gasteiger charge is 2.30. The Labute approximate surface area is 561 Å². The summed E-state index contributed by atoms with van der Waals surface area (Å²) < 4.78 is 68.3. The molecule has 0 aliphatic carbocycles. The molecule has 3 N–H and O–H groups in total. The van der Waals surface area contributed by atoms with Crippen LogP contribution in [0.25, 0.3) is 0 Å². The maximum Gasteiger partial charge on any atom is 0.472 e. The zero-order valence-electron chi connectivity index (χ0n) is 59.5. The lowest BCUT2D eigenvalue weighted by Crippen LogP contribution is -2.30. The molecule has 542 valence electrons. The molecule has 0 aromatic rings. The van der Waals surface area contributed by atoms with Gasteiger partial charge >= 0.3 is 39.5 Å². The van der Waals surface area contributed by atoms with E-state index in [4.69, 9.17) is 37.0 Å². The molecule has 0 rings (SSSR count). The molecule has 0 saturated heterocycles. The Balaban J connectivity index is 5.27. The Bertz CT molecular complexity index is 1890. The Morgan fingerprint density at radius 2 is 0.587 bits per heavy atom. The number of aliphatic hydroxyl groups is 1. The van der Waals surface area contributed by atoms with Crippen LogP contribution in [0.4, 0.5) is 0 Å². The minimum atomic E-state index is -4.96. The molecule has 0 spiro atoms. The fourth-order valence-electron chi connectivity index (χ4n) is 10.5.